The van der Waals surface area contributed by atoms with Gasteiger partial charge in [0.15, 0.2) is 34.2 Å². The minimum atomic E-state index is -5.13. The lowest BCUT2D eigenvalue weighted by atomic mass is 9.85. The zero-order valence-corrected chi connectivity index (χ0v) is 29.2. The summed E-state index contributed by atoms with van der Waals surface area (Å²) in [4.78, 5) is 12.3. The number of halogens is 6. The maximum absolute atomic E-state index is 15.5. The van der Waals surface area contributed by atoms with E-state index in [-0.39, 0.29) is 41.6 Å². The van der Waals surface area contributed by atoms with Crippen molar-refractivity contribution in [2.45, 2.75) is 82.3 Å². The highest BCUT2D eigenvalue weighted by Crippen LogP contribution is 2.42. The maximum atomic E-state index is 15.5. The molecular formula is C38H35F6N4O3S+. The van der Waals surface area contributed by atoms with Crippen LogP contribution in [0.2, 0.25) is 0 Å². The molecule has 1 aromatic heterocycles. The molecule has 4 aromatic rings. The van der Waals surface area contributed by atoms with Crippen LogP contribution in [-0.4, -0.2) is 20.7 Å². The third-order valence-corrected chi connectivity index (χ3v) is 11.1. The predicted octanol–water partition coefficient (Wildman–Crippen LogP) is 8.38. The van der Waals surface area contributed by atoms with Crippen LogP contribution < -0.4 is 14.6 Å². The first kappa shape index (κ1) is 36.9. The summed E-state index contributed by atoms with van der Waals surface area (Å²) < 4.78 is 119. The largest absolute Gasteiger partial charge is 0.417 e. The van der Waals surface area contributed by atoms with E-state index >= 15 is 13.2 Å². The van der Waals surface area contributed by atoms with Gasteiger partial charge in [-0.25, -0.2) is 21.6 Å². The molecule has 0 bridgehead atoms. The average molecular weight is 742 g/mol. The number of nitrogens with zero attached hydrogens (tertiary/aromatic N) is 2. The van der Waals surface area contributed by atoms with E-state index in [0.29, 0.717) is 42.5 Å². The van der Waals surface area contributed by atoms with Crippen molar-refractivity contribution in [3.8, 4) is 17.2 Å². The van der Waals surface area contributed by atoms with Gasteiger partial charge in [0.05, 0.1) is 22.5 Å². The summed E-state index contributed by atoms with van der Waals surface area (Å²) in [6.45, 7) is 3.39. The zero-order valence-electron chi connectivity index (χ0n) is 28.4. The third kappa shape index (κ3) is 6.62. The summed E-state index contributed by atoms with van der Waals surface area (Å²) in [6.07, 6.45) is 0.895. The van der Waals surface area contributed by atoms with Crippen LogP contribution in [0, 0.1) is 28.8 Å². The third-order valence-electron chi connectivity index (χ3n) is 9.72. The number of aromatic nitrogens is 1. The van der Waals surface area contributed by atoms with Crippen LogP contribution in [0.3, 0.4) is 0 Å². The number of aryl methyl sites for hydroxylation is 2. The molecule has 2 N–H and O–H groups in total. The second kappa shape index (κ2) is 14.3. The van der Waals surface area contributed by atoms with Crippen LogP contribution in [0.25, 0.3) is 11.1 Å². The molecule has 2 aliphatic rings. The van der Waals surface area contributed by atoms with E-state index in [1.165, 1.54) is 19.1 Å². The highest BCUT2D eigenvalue weighted by Gasteiger charge is 2.42. The van der Waals surface area contributed by atoms with E-state index in [4.69, 9.17) is 0 Å². The summed E-state index contributed by atoms with van der Waals surface area (Å²) in [6, 6.07) is 10.4. The molecule has 14 heteroatoms. The molecule has 52 heavy (non-hydrogen) atoms. The molecule has 272 valence electrons. The molecule has 6 rings (SSSR count). The Morgan fingerprint density at radius 3 is 2.33 bits per heavy atom. The molecule has 1 atom stereocenters. The van der Waals surface area contributed by atoms with Crippen molar-refractivity contribution in [1.29, 1.82) is 5.26 Å². The number of benzene rings is 3. The van der Waals surface area contributed by atoms with E-state index in [1.54, 1.807) is 42.0 Å². The molecule has 3 aromatic carbocycles. The van der Waals surface area contributed by atoms with Crippen molar-refractivity contribution in [1.82, 2.24) is 0 Å². The number of rotatable bonds is 10. The van der Waals surface area contributed by atoms with Gasteiger partial charge in [-0.1, -0.05) is 19.9 Å². The fourth-order valence-corrected chi connectivity index (χ4v) is 8.48. The fraction of sp³-hybridized carbons (Fsp3) is 0.342. The number of anilines is 2. The smallest absolute Gasteiger partial charge is 0.382 e. The summed E-state index contributed by atoms with van der Waals surface area (Å²) in [5.74, 6) is -5.45. The first-order chi connectivity index (χ1) is 24.7. The Balaban J connectivity index is 1.32. The SMILES string of the molecule is CCCNc1c(F)c(F)c(S(=O)(=O)Nc2ccc(C(=O)C3CCc4c(-c5cc6c(cc5C(F)(F)F)CCCC6)ccc[n+]43)cc2C#N)c(F)c1CC. The Morgan fingerprint density at radius 1 is 0.962 bits per heavy atom. The van der Waals surface area contributed by atoms with Crippen molar-refractivity contribution >= 4 is 27.2 Å². The number of Topliss-reactive ketones (excluding diaryl/α,β-unsaturated/α-hetero) is 1. The molecule has 0 saturated carbocycles. The molecule has 0 radical (unpaired) electrons. The minimum absolute atomic E-state index is 0.00281. The topological polar surface area (TPSA) is 103 Å². The van der Waals surface area contributed by atoms with Crippen molar-refractivity contribution in [3.63, 3.8) is 0 Å². The number of hydrogen-bond donors (Lipinski definition) is 2. The number of alkyl halides is 3. The van der Waals surface area contributed by atoms with Gasteiger partial charge < -0.3 is 5.32 Å². The minimum Gasteiger partial charge on any atom is -0.382 e. The van der Waals surface area contributed by atoms with Gasteiger partial charge in [0.2, 0.25) is 11.8 Å². The van der Waals surface area contributed by atoms with Gasteiger partial charge in [-0.15, -0.1) is 0 Å². The molecule has 1 aliphatic heterocycles. The van der Waals surface area contributed by atoms with E-state index in [2.05, 4.69) is 5.32 Å². The number of pyridine rings is 1. The van der Waals surface area contributed by atoms with Crippen LogP contribution in [0.1, 0.15) is 89.4 Å². The van der Waals surface area contributed by atoms with Crippen LogP contribution in [0.15, 0.2) is 53.6 Å². The number of sulfonamides is 1. The van der Waals surface area contributed by atoms with E-state index in [0.717, 1.165) is 30.5 Å². The number of fused-ring (bicyclic) bond motifs is 2. The Bertz CT molecular complexity index is 2250. The standard InChI is InChI=1S/C38H34F6N4O3S/c1-3-15-46-35-25(4-2)32(39)37(34(41)33(35)40)52(50,51)47-29-12-11-23(17-24(29)20-45)36(49)31-14-13-30-26(10-7-16-48(30)31)27-18-21-8-5-6-9-22(21)19-28(27)38(42,43)44/h7,10-12,16-19,31,46H,3-6,8-9,13-15H2,1-2H3/p+1. The van der Waals surface area contributed by atoms with Gasteiger partial charge in [0.25, 0.3) is 10.0 Å². The number of hydrogen-bond acceptors (Lipinski definition) is 5. The monoisotopic (exact) mass is 741 g/mol. The van der Waals surface area contributed by atoms with Crippen molar-refractivity contribution in [2.24, 2.45) is 0 Å². The molecule has 0 saturated heterocycles. The highest BCUT2D eigenvalue weighted by molar-refractivity contribution is 7.92. The van der Waals surface area contributed by atoms with Crippen molar-refractivity contribution in [2.75, 3.05) is 16.6 Å². The first-order valence-electron chi connectivity index (χ1n) is 17.0. The summed E-state index contributed by atoms with van der Waals surface area (Å²) in [7, 11) is -5.13. The molecule has 1 unspecified atom stereocenters. The summed E-state index contributed by atoms with van der Waals surface area (Å²) in [5, 5.41) is 12.5. The number of ketones is 1. The molecule has 0 spiro atoms. The Hall–Kier alpha value is -4.90. The first-order valence-corrected chi connectivity index (χ1v) is 18.5. The quantitative estimate of drug-likeness (QED) is 0.0736. The molecule has 0 amide bonds. The number of carbonyl (C=O) groups is 1. The van der Waals surface area contributed by atoms with E-state index in [1.807, 2.05) is 4.72 Å². The second-order valence-corrected chi connectivity index (χ2v) is 14.6. The maximum Gasteiger partial charge on any atom is 0.417 e. The van der Waals surface area contributed by atoms with Crippen LogP contribution in [0.5, 0.6) is 0 Å². The van der Waals surface area contributed by atoms with Crippen LogP contribution in [0.4, 0.5) is 37.7 Å². The lowest BCUT2D eigenvalue weighted by Crippen LogP contribution is -2.42. The van der Waals surface area contributed by atoms with Crippen LogP contribution >= 0.6 is 0 Å². The number of nitrogens with one attached hydrogen (secondary N) is 2. The molecule has 0 fully saturated rings. The fourth-order valence-electron chi connectivity index (χ4n) is 7.23. The number of nitriles is 1. The Kier molecular flexibility index (Phi) is 10.1. The normalized spacial score (nSPS) is 15.5. The van der Waals surface area contributed by atoms with E-state index < -0.39 is 67.3 Å². The predicted molar refractivity (Wildman–Crippen MR) is 182 cm³/mol. The Morgan fingerprint density at radius 2 is 1.67 bits per heavy atom. The lowest BCUT2D eigenvalue weighted by molar-refractivity contribution is -0.701. The second-order valence-electron chi connectivity index (χ2n) is 12.9. The zero-order chi connectivity index (χ0) is 37.5. The van der Waals surface area contributed by atoms with E-state index in [9.17, 15) is 31.6 Å². The van der Waals surface area contributed by atoms with Gasteiger partial charge in [-0.05, 0) is 80.0 Å². The van der Waals surface area contributed by atoms with Crippen molar-refractivity contribution < 1.29 is 44.1 Å². The Labute approximate surface area is 297 Å². The molecular weight excluding hydrogens is 706 g/mol. The number of carbonyl (C=O) groups excluding carboxylic acids is 1. The highest BCUT2D eigenvalue weighted by atomic mass is 32.2. The van der Waals surface area contributed by atoms with Gasteiger partial charge in [-0.3, -0.25) is 9.52 Å². The van der Waals surface area contributed by atoms with Gasteiger partial charge >= 0.3 is 6.18 Å². The van der Waals surface area contributed by atoms with Gasteiger partial charge in [-0.2, -0.15) is 23.0 Å². The summed E-state index contributed by atoms with van der Waals surface area (Å²) >= 11 is 0. The lowest BCUT2D eigenvalue weighted by Gasteiger charge is -2.21. The van der Waals surface area contributed by atoms with Crippen LogP contribution in [-0.2, 0) is 41.9 Å². The summed E-state index contributed by atoms with van der Waals surface area (Å²) in [5.41, 5.74) is 0.224. The molecule has 2 heterocycles. The van der Waals surface area contributed by atoms with Gasteiger partial charge in [0, 0.05) is 47.7 Å². The van der Waals surface area contributed by atoms with Crippen molar-refractivity contribution in [3.05, 3.63) is 105 Å². The molecule has 1 aliphatic carbocycles. The van der Waals surface area contributed by atoms with Gasteiger partial charge in [0.1, 0.15) is 6.07 Å². The molecule has 7 nitrogen and oxygen atoms in total. The average Bonchev–Trinajstić information content (AvgIpc) is 3.55.